The second-order valence-corrected chi connectivity index (χ2v) is 4.19. The van der Waals surface area contributed by atoms with E-state index in [1.807, 2.05) is 0 Å². The molecule has 110 valence electrons. The number of nitro benzene ring substituents is 1. The van der Waals surface area contributed by atoms with Gasteiger partial charge in [-0.1, -0.05) is 0 Å². The second kappa shape index (κ2) is 7.17. The molecule has 0 unspecified atom stereocenters. The normalized spacial score (nSPS) is 9.75. The standard InChI is InChI=1S/C12H18N4O4/c1-15(2)12(17)14-7-6-13-10-5-4-9(20-3)8-11(10)16(18)19/h4-5,8,13H,6-7H2,1-3H3,(H,14,17). The van der Waals surface area contributed by atoms with Gasteiger partial charge in [-0.25, -0.2) is 4.79 Å². The third-order valence-corrected chi connectivity index (χ3v) is 2.52. The van der Waals surface area contributed by atoms with Gasteiger partial charge in [0.1, 0.15) is 11.4 Å². The van der Waals surface area contributed by atoms with Gasteiger partial charge in [-0.15, -0.1) is 0 Å². The first-order chi connectivity index (χ1) is 9.45. The summed E-state index contributed by atoms with van der Waals surface area (Å²) in [5.41, 5.74) is 0.318. The minimum Gasteiger partial charge on any atom is -0.496 e. The quantitative estimate of drug-likeness (QED) is 0.465. The number of carbonyl (C=O) groups is 1. The van der Waals surface area contributed by atoms with E-state index in [2.05, 4.69) is 10.6 Å². The lowest BCUT2D eigenvalue weighted by molar-refractivity contribution is -0.384. The van der Waals surface area contributed by atoms with Gasteiger partial charge in [0, 0.05) is 27.2 Å². The summed E-state index contributed by atoms with van der Waals surface area (Å²) in [5.74, 6) is 0.420. The van der Waals surface area contributed by atoms with E-state index in [0.717, 1.165) is 0 Å². The summed E-state index contributed by atoms with van der Waals surface area (Å²) in [6, 6.07) is 4.34. The van der Waals surface area contributed by atoms with Gasteiger partial charge < -0.3 is 20.3 Å². The van der Waals surface area contributed by atoms with Crippen LogP contribution in [0.15, 0.2) is 18.2 Å². The zero-order valence-corrected chi connectivity index (χ0v) is 11.7. The van der Waals surface area contributed by atoms with Crippen molar-refractivity contribution in [2.45, 2.75) is 0 Å². The average Bonchev–Trinajstić information content (AvgIpc) is 2.42. The molecule has 0 aromatic heterocycles. The Labute approximate surface area is 116 Å². The fourth-order valence-corrected chi connectivity index (χ4v) is 1.46. The number of methoxy groups -OCH3 is 1. The third-order valence-electron chi connectivity index (χ3n) is 2.52. The molecule has 8 nitrogen and oxygen atoms in total. The molecule has 0 radical (unpaired) electrons. The molecule has 0 aliphatic carbocycles. The van der Waals surface area contributed by atoms with Gasteiger partial charge in [0.25, 0.3) is 5.69 Å². The van der Waals surface area contributed by atoms with E-state index in [1.54, 1.807) is 26.2 Å². The molecule has 2 amide bonds. The van der Waals surface area contributed by atoms with Crippen LogP contribution in [0.3, 0.4) is 0 Å². The smallest absolute Gasteiger partial charge is 0.316 e. The van der Waals surface area contributed by atoms with Gasteiger partial charge in [-0.2, -0.15) is 0 Å². The number of nitro groups is 1. The number of rotatable bonds is 6. The monoisotopic (exact) mass is 282 g/mol. The largest absolute Gasteiger partial charge is 0.496 e. The summed E-state index contributed by atoms with van der Waals surface area (Å²) >= 11 is 0. The number of benzene rings is 1. The van der Waals surface area contributed by atoms with E-state index in [0.29, 0.717) is 24.5 Å². The van der Waals surface area contributed by atoms with Gasteiger partial charge in [-0.05, 0) is 12.1 Å². The number of urea groups is 1. The highest BCUT2D eigenvalue weighted by molar-refractivity contribution is 5.73. The van der Waals surface area contributed by atoms with E-state index >= 15 is 0 Å². The van der Waals surface area contributed by atoms with Crippen molar-refractivity contribution in [3.8, 4) is 5.75 Å². The van der Waals surface area contributed by atoms with Crippen molar-refractivity contribution in [3.05, 3.63) is 28.3 Å². The lowest BCUT2D eigenvalue weighted by Gasteiger charge is -2.13. The molecule has 2 N–H and O–H groups in total. The number of ether oxygens (including phenoxy) is 1. The van der Waals surface area contributed by atoms with Crippen LogP contribution >= 0.6 is 0 Å². The van der Waals surface area contributed by atoms with E-state index in [1.165, 1.54) is 18.1 Å². The van der Waals surface area contributed by atoms with Crippen molar-refractivity contribution in [2.24, 2.45) is 0 Å². The van der Waals surface area contributed by atoms with Gasteiger partial charge in [0.15, 0.2) is 0 Å². The predicted octanol–water partition coefficient (Wildman–Crippen LogP) is 1.29. The first-order valence-corrected chi connectivity index (χ1v) is 5.97. The molecule has 0 atom stereocenters. The number of hydrogen-bond donors (Lipinski definition) is 2. The zero-order valence-electron chi connectivity index (χ0n) is 11.7. The van der Waals surface area contributed by atoms with Crippen molar-refractivity contribution in [1.82, 2.24) is 10.2 Å². The molecule has 1 aromatic carbocycles. The minimum atomic E-state index is -0.483. The van der Waals surface area contributed by atoms with Crippen molar-refractivity contribution < 1.29 is 14.5 Å². The molecule has 0 bridgehead atoms. The van der Waals surface area contributed by atoms with Gasteiger partial charge in [0.05, 0.1) is 18.1 Å². The van der Waals surface area contributed by atoms with E-state index in [4.69, 9.17) is 4.74 Å². The molecule has 0 saturated carbocycles. The average molecular weight is 282 g/mol. The van der Waals surface area contributed by atoms with Crippen LogP contribution in [0.1, 0.15) is 0 Å². The zero-order chi connectivity index (χ0) is 15.1. The first-order valence-electron chi connectivity index (χ1n) is 5.97. The Balaban J connectivity index is 2.59. The molecule has 0 aliphatic heterocycles. The Kier molecular flexibility index (Phi) is 5.57. The molecule has 1 rings (SSSR count). The Morgan fingerprint density at radius 2 is 2.10 bits per heavy atom. The topological polar surface area (TPSA) is 96.7 Å². The van der Waals surface area contributed by atoms with Crippen LogP contribution in [0.5, 0.6) is 5.75 Å². The summed E-state index contributed by atoms with van der Waals surface area (Å²) < 4.78 is 4.95. The minimum absolute atomic E-state index is 0.0664. The fraction of sp³-hybridized carbons (Fsp3) is 0.417. The van der Waals surface area contributed by atoms with E-state index in [9.17, 15) is 14.9 Å². The lowest BCUT2D eigenvalue weighted by atomic mass is 10.2. The Morgan fingerprint density at radius 1 is 1.40 bits per heavy atom. The summed E-state index contributed by atoms with van der Waals surface area (Å²) in [7, 11) is 4.72. The molecule has 0 heterocycles. The second-order valence-electron chi connectivity index (χ2n) is 4.19. The summed E-state index contributed by atoms with van der Waals surface area (Å²) in [4.78, 5) is 23.2. The van der Waals surface area contributed by atoms with E-state index < -0.39 is 4.92 Å². The molecule has 1 aromatic rings. The maximum atomic E-state index is 11.3. The van der Waals surface area contributed by atoms with Crippen LogP contribution in [0.25, 0.3) is 0 Å². The predicted molar refractivity (Wildman–Crippen MR) is 75.2 cm³/mol. The number of amides is 2. The highest BCUT2D eigenvalue weighted by Crippen LogP contribution is 2.28. The number of nitrogens with one attached hydrogen (secondary N) is 2. The highest BCUT2D eigenvalue weighted by atomic mass is 16.6. The molecule has 0 aliphatic rings. The Hall–Kier alpha value is -2.51. The van der Waals surface area contributed by atoms with Crippen LogP contribution in [0.2, 0.25) is 0 Å². The Bertz CT molecular complexity index is 490. The van der Waals surface area contributed by atoms with E-state index in [-0.39, 0.29) is 11.7 Å². The van der Waals surface area contributed by atoms with Crippen molar-refractivity contribution >= 4 is 17.4 Å². The SMILES string of the molecule is COc1ccc(NCCNC(=O)N(C)C)c([N+](=O)[O-])c1. The van der Waals surface area contributed by atoms with Crippen LogP contribution < -0.4 is 15.4 Å². The van der Waals surface area contributed by atoms with Crippen molar-refractivity contribution in [1.29, 1.82) is 0 Å². The fourth-order valence-electron chi connectivity index (χ4n) is 1.46. The van der Waals surface area contributed by atoms with Crippen molar-refractivity contribution in [2.75, 3.05) is 39.6 Å². The summed E-state index contributed by atoms with van der Waals surface area (Å²) in [6.07, 6.45) is 0. The number of carbonyl (C=O) groups excluding carboxylic acids is 1. The lowest BCUT2D eigenvalue weighted by Crippen LogP contribution is -2.37. The molecule has 20 heavy (non-hydrogen) atoms. The van der Waals surface area contributed by atoms with Crippen LogP contribution in [0.4, 0.5) is 16.2 Å². The first kappa shape index (κ1) is 15.5. The van der Waals surface area contributed by atoms with Crippen molar-refractivity contribution in [3.63, 3.8) is 0 Å². The molecule has 0 spiro atoms. The molecule has 0 fully saturated rings. The molecule has 0 saturated heterocycles. The summed E-state index contributed by atoms with van der Waals surface area (Å²) in [5, 5.41) is 16.5. The molecular formula is C12H18N4O4. The summed E-state index contributed by atoms with van der Waals surface area (Å²) in [6.45, 7) is 0.743. The number of nitrogens with zero attached hydrogens (tertiary/aromatic N) is 2. The van der Waals surface area contributed by atoms with Crippen LogP contribution in [-0.4, -0.2) is 50.1 Å². The maximum Gasteiger partial charge on any atom is 0.316 e. The van der Waals surface area contributed by atoms with Crippen LogP contribution in [0, 0.1) is 10.1 Å². The van der Waals surface area contributed by atoms with Gasteiger partial charge in [-0.3, -0.25) is 10.1 Å². The third kappa shape index (κ3) is 4.30. The molecular weight excluding hydrogens is 264 g/mol. The van der Waals surface area contributed by atoms with Crippen LogP contribution in [-0.2, 0) is 0 Å². The molecule has 8 heteroatoms. The maximum absolute atomic E-state index is 11.3. The van der Waals surface area contributed by atoms with Gasteiger partial charge in [0.2, 0.25) is 0 Å². The van der Waals surface area contributed by atoms with Gasteiger partial charge >= 0.3 is 6.03 Å². The highest BCUT2D eigenvalue weighted by Gasteiger charge is 2.14. The number of anilines is 1. The Morgan fingerprint density at radius 3 is 2.65 bits per heavy atom. The number of hydrogen-bond acceptors (Lipinski definition) is 5.